The summed E-state index contributed by atoms with van der Waals surface area (Å²) >= 11 is 0. The maximum atomic E-state index is 5.76. The third-order valence-corrected chi connectivity index (χ3v) is 2.41. The van der Waals surface area contributed by atoms with Gasteiger partial charge in [0.1, 0.15) is 12.1 Å². The van der Waals surface area contributed by atoms with Gasteiger partial charge in [-0.25, -0.2) is 9.97 Å². The lowest BCUT2D eigenvalue weighted by atomic mass is 10.1. The fraction of sp³-hybridized carbons (Fsp3) is 0.556. The van der Waals surface area contributed by atoms with Crippen LogP contribution in [0.3, 0.4) is 0 Å². The number of nitrogens with two attached hydrogens (primary N) is 1. The van der Waals surface area contributed by atoms with E-state index in [2.05, 4.69) is 9.97 Å². The van der Waals surface area contributed by atoms with Gasteiger partial charge in [-0.3, -0.25) is 0 Å². The minimum absolute atomic E-state index is 0.682. The fourth-order valence-corrected chi connectivity index (χ4v) is 1.72. The smallest absolute Gasteiger partial charge is 0.130 e. The van der Waals surface area contributed by atoms with Gasteiger partial charge in [-0.1, -0.05) is 6.42 Å². The van der Waals surface area contributed by atoms with Crippen molar-refractivity contribution in [2.75, 3.05) is 5.73 Å². The molecule has 1 aliphatic rings. The number of anilines is 1. The third kappa shape index (κ3) is 1.26. The van der Waals surface area contributed by atoms with Crippen LogP contribution in [0.25, 0.3) is 0 Å². The first-order valence-electron chi connectivity index (χ1n) is 4.46. The first kappa shape index (κ1) is 7.53. The maximum absolute atomic E-state index is 5.76. The molecule has 0 spiro atoms. The van der Waals surface area contributed by atoms with Crippen LogP contribution in [-0.2, 0) is 12.8 Å². The molecule has 2 rings (SSSR count). The summed E-state index contributed by atoms with van der Waals surface area (Å²) in [5, 5.41) is 0. The summed E-state index contributed by atoms with van der Waals surface area (Å²) < 4.78 is 0. The number of hydrogen-bond acceptors (Lipinski definition) is 3. The zero-order chi connectivity index (χ0) is 8.39. The summed E-state index contributed by atoms with van der Waals surface area (Å²) in [6, 6.07) is 0. The van der Waals surface area contributed by atoms with Gasteiger partial charge in [0, 0.05) is 11.3 Å². The molecule has 0 saturated heterocycles. The van der Waals surface area contributed by atoms with Gasteiger partial charge in [-0.15, -0.1) is 0 Å². The van der Waals surface area contributed by atoms with Crippen molar-refractivity contribution in [1.82, 2.24) is 9.97 Å². The van der Waals surface area contributed by atoms with Crippen molar-refractivity contribution in [3.05, 3.63) is 17.6 Å². The highest BCUT2D eigenvalue weighted by Crippen LogP contribution is 2.21. The Balaban J connectivity index is 2.42. The lowest BCUT2D eigenvalue weighted by molar-refractivity contribution is 0.709. The number of rotatable bonds is 0. The molecule has 1 aromatic heterocycles. The molecule has 1 aliphatic carbocycles. The number of nitrogen functional groups attached to an aromatic ring is 1. The maximum Gasteiger partial charge on any atom is 0.130 e. The molecule has 64 valence electrons. The third-order valence-electron chi connectivity index (χ3n) is 2.41. The molecule has 1 heterocycles. The molecule has 0 radical (unpaired) electrons. The monoisotopic (exact) mass is 163 g/mol. The Labute approximate surface area is 72.0 Å². The van der Waals surface area contributed by atoms with Crippen molar-refractivity contribution in [3.63, 3.8) is 0 Å². The Kier molecular flexibility index (Phi) is 1.94. The molecular formula is C9H13N3. The molecular weight excluding hydrogens is 150 g/mol. The first-order chi connectivity index (χ1) is 5.88. The molecule has 3 nitrogen and oxygen atoms in total. The van der Waals surface area contributed by atoms with Gasteiger partial charge in [0.25, 0.3) is 0 Å². The van der Waals surface area contributed by atoms with Crippen LogP contribution in [0.1, 0.15) is 30.5 Å². The van der Waals surface area contributed by atoms with Crippen molar-refractivity contribution in [2.45, 2.75) is 32.1 Å². The van der Waals surface area contributed by atoms with Gasteiger partial charge in [0.2, 0.25) is 0 Å². The molecule has 12 heavy (non-hydrogen) atoms. The summed E-state index contributed by atoms with van der Waals surface area (Å²) in [4.78, 5) is 8.25. The Morgan fingerprint density at radius 2 is 1.92 bits per heavy atom. The number of aromatic nitrogens is 2. The minimum atomic E-state index is 0.682. The van der Waals surface area contributed by atoms with Crippen LogP contribution in [0.5, 0.6) is 0 Å². The first-order valence-corrected chi connectivity index (χ1v) is 4.46. The van der Waals surface area contributed by atoms with Gasteiger partial charge in [-0.05, 0) is 25.7 Å². The molecule has 3 heteroatoms. The standard InChI is InChI=1S/C9H13N3/c10-9-7-4-2-1-3-5-8(7)11-6-12-9/h6H,1-5H2,(H2,10,11,12). The highest BCUT2D eigenvalue weighted by atomic mass is 14.9. The van der Waals surface area contributed by atoms with E-state index in [9.17, 15) is 0 Å². The molecule has 0 amide bonds. The largest absolute Gasteiger partial charge is 0.383 e. The van der Waals surface area contributed by atoms with E-state index in [0.29, 0.717) is 5.82 Å². The molecule has 1 aromatic rings. The summed E-state index contributed by atoms with van der Waals surface area (Å²) in [7, 11) is 0. The number of aryl methyl sites for hydroxylation is 1. The number of hydrogen-bond donors (Lipinski definition) is 1. The highest BCUT2D eigenvalue weighted by molar-refractivity contribution is 5.41. The summed E-state index contributed by atoms with van der Waals surface area (Å²) in [6.45, 7) is 0. The quantitative estimate of drug-likeness (QED) is 0.587. The van der Waals surface area contributed by atoms with Gasteiger partial charge in [0.15, 0.2) is 0 Å². The zero-order valence-corrected chi connectivity index (χ0v) is 7.08. The lowest BCUT2D eigenvalue weighted by Crippen LogP contribution is -2.03. The Hall–Kier alpha value is -1.12. The Morgan fingerprint density at radius 3 is 2.83 bits per heavy atom. The average Bonchev–Trinajstić information content (AvgIpc) is 2.30. The molecule has 0 fully saturated rings. The minimum Gasteiger partial charge on any atom is -0.383 e. The van der Waals surface area contributed by atoms with E-state index in [0.717, 1.165) is 12.8 Å². The van der Waals surface area contributed by atoms with Crippen LogP contribution in [0, 0.1) is 0 Å². The van der Waals surface area contributed by atoms with E-state index in [-0.39, 0.29) is 0 Å². The van der Waals surface area contributed by atoms with Crippen LogP contribution in [0.15, 0.2) is 6.33 Å². The summed E-state index contributed by atoms with van der Waals surface area (Å²) in [5.74, 6) is 0.682. The topological polar surface area (TPSA) is 51.8 Å². The van der Waals surface area contributed by atoms with Crippen molar-refractivity contribution in [1.29, 1.82) is 0 Å². The van der Waals surface area contributed by atoms with Crippen LogP contribution < -0.4 is 5.73 Å². The van der Waals surface area contributed by atoms with Crippen LogP contribution in [0.4, 0.5) is 5.82 Å². The SMILES string of the molecule is Nc1ncnc2c1CCCCC2. The van der Waals surface area contributed by atoms with Gasteiger partial charge in [-0.2, -0.15) is 0 Å². The second kappa shape index (κ2) is 3.09. The van der Waals surface area contributed by atoms with Crippen molar-refractivity contribution >= 4 is 5.82 Å². The number of fused-ring (bicyclic) bond motifs is 1. The summed E-state index contributed by atoms with van der Waals surface area (Å²) in [6.07, 6.45) is 7.45. The van der Waals surface area contributed by atoms with Crippen molar-refractivity contribution in [3.8, 4) is 0 Å². The van der Waals surface area contributed by atoms with Gasteiger partial charge < -0.3 is 5.73 Å². The average molecular weight is 163 g/mol. The van der Waals surface area contributed by atoms with Crippen molar-refractivity contribution in [2.24, 2.45) is 0 Å². The van der Waals surface area contributed by atoms with Gasteiger partial charge in [0.05, 0.1) is 0 Å². The Morgan fingerprint density at radius 1 is 1.08 bits per heavy atom. The van der Waals surface area contributed by atoms with Crippen LogP contribution in [-0.4, -0.2) is 9.97 Å². The van der Waals surface area contributed by atoms with E-state index in [1.165, 1.54) is 30.5 Å². The van der Waals surface area contributed by atoms with Crippen LogP contribution >= 0.6 is 0 Å². The van der Waals surface area contributed by atoms with E-state index in [4.69, 9.17) is 5.73 Å². The van der Waals surface area contributed by atoms with Crippen LogP contribution in [0.2, 0.25) is 0 Å². The predicted molar refractivity (Wildman–Crippen MR) is 47.7 cm³/mol. The zero-order valence-electron chi connectivity index (χ0n) is 7.08. The molecule has 2 N–H and O–H groups in total. The normalized spacial score (nSPS) is 16.7. The van der Waals surface area contributed by atoms with E-state index in [1.807, 2.05) is 0 Å². The second-order valence-electron chi connectivity index (χ2n) is 3.24. The van der Waals surface area contributed by atoms with Gasteiger partial charge >= 0.3 is 0 Å². The number of nitrogens with zero attached hydrogens (tertiary/aromatic N) is 2. The lowest BCUT2D eigenvalue weighted by Gasteiger charge is -2.04. The highest BCUT2D eigenvalue weighted by Gasteiger charge is 2.11. The Bertz CT molecular complexity index is 283. The fourth-order valence-electron chi connectivity index (χ4n) is 1.72. The molecule has 0 saturated carbocycles. The molecule has 0 aromatic carbocycles. The predicted octanol–water partition coefficient (Wildman–Crippen LogP) is 1.33. The second-order valence-corrected chi connectivity index (χ2v) is 3.24. The van der Waals surface area contributed by atoms with Crippen molar-refractivity contribution < 1.29 is 0 Å². The molecule has 0 atom stereocenters. The molecule has 0 bridgehead atoms. The van der Waals surface area contributed by atoms with E-state index in [1.54, 1.807) is 6.33 Å². The van der Waals surface area contributed by atoms with E-state index < -0.39 is 0 Å². The summed E-state index contributed by atoms with van der Waals surface area (Å²) in [5.41, 5.74) is 8.12. The van der Waals surface area contributed by atoms with E-state index >= 15 is 0 Å². The molecule has 0 aliphatic heterocycles. The molecule has 0 unspecified atom stereocenters.